The maximum absolute atomic E-state index is 5.38. The average Bonchev–Trinajstić information content (AvgIpc) is 2.92. The molecule has 0 saturated carbocycles. The van der Waals surface area contributed by atoms with E-state index in [1.54, 1.807) is 7.11 Å². The van der Waals surface area contributed by atoms with E-state index >= 15 is 0 Å². The molecule has 0 spiro atoms. The van der Waals surface area contributed by atoms with Crippen LogP contribution in [0.4, 0.5) is 0 Å². The van der Waals surface area contributed by atoms with Gasteiger partial charge in [-0.2, -0.15) is 5.10 Å². The van der Waals surface area contributed by atoms with Crippen LogP contribution in [0.25, 0.3) is 0 Å². The average molecular weight is 400 g/mol. The molecule has 160 valence electrons. The van der Waals surface area contributed by atoms with Crippen LogP contribution in [0.5, 0.6) is 5.75 Å². The maximum Gasteiger partial charge on any atom is 0.191 e. The molecule has 1 heterocycles. The van der Waals surface area contributed by atoms with E-state index in [0.29, 0.717) is 6.54 Å². The van der Waals surface area contributed by atoms with Crippen LogP contribution >= 0.6 is 0 Å². The molecule has 0 saturated heterocycles. The maximum atomic E-state index is 5.38. The number of benzene rings is 1. The SMILES string of the molecule is CCNC(=NCC(C)(C)c1cccc(OC)c1)NC(C)Cc1c(C)nn(C)c1C. The lowest BCUT2D eigenvalue weighted by Crippen LogP contribution is -2.43. The van der Waals surface area contributed by atoms with E-state index in [9.17, 15) is 0 Å². The fraction of sp³-hybridized carbons (Fsp3) is 0.565. The van der Waals surface area contributed by atoms with Gasteiger partial charge in [-0.1, -0.05) is 26.0 Å². The van der Waals surface area contributed by atoms with Crippen LogP contribution in [-0.4, -0.2) is 42.0 Å². The number of hydrogen-bond acceptors (Lipinski definition) is 3. The first-order valence-corrected chi connectivity index (χ1v) is 10.4. The number of aliphatic imine (C=N–C) groups is 1. The van der Waals surface area contributed by atoms with Crippen molar-refractivity contribution in [3.8, 4) is 5.75 Å². The highest BCUT2D eigenvalue weighted by atomic mass is 16.5. The lowest BCUT2D eigenvalue weighted by molar-refractivity contribution is 0.412. The van der Waals surface area contributed by atoms with Crippen LogP contribution in [0, 0.1) is 13.8 Å². The molecule has 0 aliphatic rings. The Kier molecular flexibility index (Phi) is 7.71. The summed E-state index contributed by atoms with van der Waals surface area (Å²) in [5.41, 5.74) is 4.74. The lowest BCUT2D eigenvalue weighted by Gasteiger charge is -2.25. The summed E-state index contributed by atoms with van der Waals surface area (Å²) in [5, 5.41) is 11.5. The van der Waals surface area contributed by atoms with Crippen molar-refractivity contribution in [2.75, 3.05) is 20.2 Å². The van der Waals surface area contributed by atoms with Crippen molar-refractivity contribution in [2.24, 2.45) is 12.0 Å². The Labute approximate surface area is 175 Å². The van der Waals surface area contributed by atoms with Crippen LogP contribution in [-0.2, 0) is 18.9 Å². The fourth-order valence-electron chi connectivity index (χ4n) is 3.44. The summed E-state index contributed by atoms with van der Waals surface area (Å²) in [6.45, 7) is 14.4. The molecular formula is C23H37N5O. The van der Waals surface area contributed by atoms with Gasteiger partial charge in [0.15, 0.2) is 5.96 Å². The van der Waals surface area contributed by atoms with E-state index in [1.165, 1.54) is 16.8 Å². The number of aromatic nitrogens is 2. The number of nitrogens with zero attached hydrogens (tertiary/aromatic N) is 3. The van der Waals surface area contributed by atoms with E-state index in [-0.39, 0.29) is 11.5 Å². The lowest BCUT2D eigenvalue weighted by atomic mass is 9.84. The Morgan fingerprint density at radius 3 is 2.62 bits per heavy atom. The molecule has 1 unspecified atom stereocenters. The Balaban J connectivity index is 2.10. The van der Waals surface area contributed by atoms with E-state index in [0.717, 1.165) is 30.4 Å². The summed E-state index contributed by atoms with van der Waals surface area (Å²) in [6, 6.07) is 8.47. The highest BCUT2D eigenvalue weighted by Gasteiger charge is 2.21. The second-order valence-corrected chi connectivity index (χ2v) is 8.33. The number of ether oxygens (including phenoxy) is 1. The van der Waals surface area contributed by atoms with Gasteiger partial charge in [-0.15, -0.1) is 0 Å². The molecule has 6 heteroatoms. The molecule has 0 fully saturated rings. The third-order valence-electron chi connectivity index (χ3n) is 5.38. The molecule has 2 rings (SSSR count). The fourth-order valence-corrected chi connectivity index (χ4v) is 3.44. The minimum Gasteiger partial charge on any atom is -0.497 e. The van der Waals surface area contributed by atoms with Crippen LogP contribution in [0.2, 0.25) is 0 Å². The molecular weight excluding hydrogens is 362 g/mol. The van der Waals surface area contributed by atoms with Gasteiger partial charge in [0.05, 0.1) is 19.3 Å². The number of hydrogen-bond donors (Lipinski definition) is 2. The predicted octanol–water partition coefficient (Wildman–Crippen LogP) is 3.51. The van der Waals surface area contributed by atoms with E-state index in [1.807, 2.05) is 23.9 Å². The molecule has 1 aromatic heterocycles. The molecule has 2 aromatic rings. The Hall–Kier alpha value is -2.50. The Morgan fingerprint density at radius 2 is 2.03 bits per heavy atom. The van der Waals surface area contributed by atoms with Gasteiger partial charge in [0, 0.05) is 30.7 Å². The monoisotopic (exact) mass is 399 g/mol. The zero-order valence-electron chi connectivity index (χ0n) is 19.3. The molecule has 0 aliphatic heterocycles. The molecule has 0 bridgehead atoms. The van der Waals surface area contributed by atoms with Gasteiger partial charge in [0.25, 0.3) is 0 Å². The summed E-state index contributed by atoms with van der Waals surface area (Å²) in [7, 11) is 3.70. The summed E-state index contributed by atoms with van der Waals surface area (Å²) >= 11 is 0. The van der Waals surface area contributed by atoms with Crippen molar-refractivity contribution >= 4 is 5.96 Å². The van der Waals surface area contributed by atoms with Crippen LogP contribution in [0.3, 0.4) is 0 Å². The highest BCUT2D eigenvalue weighted by molar-refractivity contribution is 5.80. The molecule has 0 amide bonds. The van der Waals surface area contributed by atoms with Gasteiger partial charge >= 0.3 is 0 Å². The van der Waals surface area contributed by atoms with Gasteiger partial charge in [-0.3, -0.25) is 9.67 Å². The largest absolute Gasteiger partial charge is 0.497 e. The first-order chi connectivity index (χ1) is 13.7. The smallest absolute Gasteiger partial charge is 0.191 e. The molecule has 2 N–H and O–H groups in total. The van der Waals surface area contributed by atoms with Crippen molar-refractivity contribution in [2.45, 2.75) is 59.4 Å². The zero-order chi connectivity index (χ0) is 21.6. The quantitative estimate of drug-likeness (QED) is 0.527. The second kappa shape index (κ2) is 9.81. The molecule has 0 aliphatic carbocycles. The third kappa shape index (κ3) is 5.99. The van der Waals surface area contributed by atoms with Crippen molar-refractivity contribution in [1.82, 2.24) is 20.4 Å². The number of methoxy groups -OCH3 is 1. The predicted molar refractivity (Wildman–Crippen MR) is 121 cm³/mol. The van der Waals surface area contributed by atoms with Crippen LogP contribution in [0.1, 0.15) is 50.2 Å². The summed E-state index contributed by atoms with van der Waals surface area (Å²) in [6.07, 6.45) is 0.912. The first kappa shape index (κ1) is 22.8. The second-order valence-electron chi connectivity index (χ2n) is 8.33. The van der Waals surface area contributed by atoms with Crippen molar-refractivity contribution in [1.29, 1.82) is 0 Å². The first-order valence-electron chi connectivity index (χ1n) is 10.4. The van der Waals surface area contributed by atoms with Crippen molar-refractivity contribution in [3.63, 3.8) is 0 Å². The summed E-state index contributed by atoms with van der Waals surface area (Å²) in [4.78, 5) is 4.88. The molecule has 1 atom stereocenters. The Bertz CT molecular complexity index is 838. The number of rotatable bonds is 8. The van der Waals surface area contributed by atoms with E-state index < -0.39 is 0 Å². The van der Waals surface area contributed by atoms with Crippen LogP contribution < -0.4 is 15.4 Å². The normalized spacial score (nSPS) is 13.3. The number of nitrogens with one attached hydrogen (secondary N) is 2. The van der Waals surface area contributed by atoms with Gasteiger partial charge in [0.1, 0.15) is 5.75 Å². The standard InChI is InChI=1S/C23H37N5O/c1-9-24-22(26-16(2)13-21-17(3)27-28(7)18(21)4)25-15-23(5,6)19-11-10-12-20(14-19)29-8/h10-12,14,16H,9,13,15H2,1-8H3,(H2,24,25,26). The van der Waals surface area contributed by atoms with Crippen LogP contribution in [0.15, 0.2) is 29.3 Å². The Morgan fingerprint density at radius 1 is 1.31 bits per heavy atom. The van der Waals surface area contributed by atoms with Crippen molar-refractivity contribution in [3.05, 3.63) is 46.8 Å². The van der Waals surface area contributed by atoms with Gasteiger partial charge in [-0.05, 0) is 57.4 Å². The highest BCUT2D eigenvalue weighted by Crippen LogP contribution is 2.26. The summed E-state index contributed by atoms with van der Waals surface area (Å²) in [5.74, 6) is 1.72. The number of aryl methyl sites for hydroxylation is 2. The molecule has 0 radical (unpaired) electrons. The molecule has 1 aromatic carbocycles. The minimum atomic E-state index is -0.101. The van der Waals surface area contributed by atoms with Gasteiger partial charge < -0.3 is 15.4 Å². The van der Waals surface area contributed by atoms with Gasteiger partial charge in [-0.25, -0.2) is 0 Å². The molecule has 29 heavy (non-hydrogen) atoms. The minimum absolute atomic E-state index is 0.101. The topological polar surface area (TPSA) is 63.5 Å². The number of guanidine groups is 1. The van der Waals surface area contributed by atoms with E-state index in [4.69, 9.17) is 9.73 Å². The van der Waals surface area contributed by atoms with Crippen molar-refractivity contribution < 1.29 is 4.74 Å². The zero-order valence-corrected chi connectivity index (χ0v) is 19.3. The third-order valence-corrected chi connectivity index (χ3v) is 5.38. The van der Waals surface area contributed by atoms with E-state index in [2.05, 4.69) is 69.4 Å². The molecule has 6 nitrogen and oxygen atoms in total. The van der Waals surface area contributed by atoms with Gasteiger partial charge in [0.2, 0.25) is 0 Å². The summed E-state index contributed by atoms with van der Waals surface area (Å²) < 4.78 is 7.33.